The fourth-order valence-electron chi connectivity index (χ4n) is 5.70. The monoisotopic (exact) mass is 534 g/mol. The number of ether oxygens (including phenoxy) is 1. The summed E-state index contributed by atoms with van der Waals surface area (Å²) in [6.07, 6.45) is 1.16. The van der Waals surface area contributed by atoms with E-state index in [-0.39, 0.29) is 12.2 Å². The third-order valence-electron chi connectivity index (χ3n) is 7.99. The van der Waals surface area contributed by atoms with E-state index in [2.05, 4.69) is 34.0 Å². The highest BCUT2D eigenvalue weighted by Crippen LogP contribution is 2.35. The van der Waals surface area contributed by atoms with Crippen LogP contribution in [0.5, 0.6) is 5.75 Å². The minimum atomic E-state index is -4.53. The van der Waals surface area contributed by atoms with Crippen LogP contribution >= 0.6 is 0 Å². The number of aromatic hydroxyl groups is 1. The predicted octanol–water partition coefficient (Wildman–Crippen LogP) is 4.99. The molecule has 0 aromatic heterocycles. The molecular weight excluding hydrogens is 493 g/mol. The molecule has 0 amide bonds. The van der Waals surface area contributed by atoms with Crippen molar-refractivity contribution in [3.8, 4) is 5.75 Å². The summed E-state index contributed by atoms with van der Waals surface area (Å²) in [7, 11) is 1.60. The van der Waals surface area contributed by atoms with E-state index in [1.54, 1.807) is 7.05 Å². The Labute approximate surface area is 224 Å². The molecule has 1 aromatic rings. The van der Waals surface area contributed by atoms with E-state index >= 15 is 0 Å². The molecule has 0 radical (unpaired) electrons. The molecule has 2 fully saturated rings. The van der Waals surface area contributed by atoms with Gasteiger partial charge in [0.05, 0.1) is 24.5 Å². The number of piperidine rings is 1. The largest absolute Gasteiger partial charge is 0.507 e. The first kappa shape index (κ1) is 28.6. The smallest absolute Gasteiger partial charge is 0.416 e. The second kappa shape index (κ2) is 12.7. The van der Waals surface area contributed by atoms with Gasteiger partial charge < -0.3 is 25.0 Å². The van der Waals surface area contributed by atoms with E-state index < -0.39 is 17.5 Å². The number of phenolic OH excluding ortho intramolecular Hbond substituents is 1. The number of nitrogens with one attached hydrogen (secondary N) is 1. The Kier molecular flexibility index (Phi) is 9.54. The lowest BCUT2D eigenvalue weighted by atomic mass is 9.93. The van der Waals surface area contributed by atoms with Crippen LogP contribution in [-0.2, 0) is 10.9 Å². The number of rotatable bonds is 9. The molecule has 38 heavy (non-hydrogen) atoms. The first-order valence-electron chi connectivity index (χ1n) is 13.8. The minimum Gasteiger partial charge on any atom is -0.507 e. The van der Waals surface area contributed by atoms with Crippen molar-refractivity contribution in [3.63, 3.8) is 0 Å². The zero-order valence-electron chi connectivity index (χ0n) is 22.8. The van der Waals surface area contributed by atoms with Gasteiger partial charge in [-0.25, -0.2) is 0 Å². The Morgan fingerprint density at radius 2 is 1.76 bits per heavy atom. The zero-order chi connectivity index (χ0) is 27.3. The number of nitrogens with zero attached hydrogens (tertiary/aromatic N) is 3. The van der Waals surface area contributed by atoms with E-state index in [0.717, 1.165) is 74.4 Å². The van der Waals surface area contributed by atoms with Gasteiger partial charge in [-0.05, 0) is 76.9 Å². The van der Waals surface area contributed by atoms with Crippen molar-refractivity contribution in [3.05, 3.63) is 51.7 Å². The molecule has 2 saturated heterocycles. The number of alkyl halides is 3. The summed E-state index contributed by atoms with van der Waals surface area (Å²) in [5.74, 6) is -0.439. The van der Waals surface area contributed by atoms with E-state index in [1.807, 2.05) is 0 Å². The van der Waals surface area contributed by atoms with Gasteiger partial charge in [0.2, 0.25) is 0 Å². The molecule has 2 N–H and O–H groups in total. The summed E-state index contributed by atoms with van der Waals surface area (Å²) >= 11 is 0. The van der Waals surface area contributed by atoms with Crippen molar-refractivity contribution in [1.29, 1.82) is 0 Å². The molecule has 0 aliphatic carbocycles. The fourth-order valence-corrected chi connectivity index (χ4v) is 5.70. The molecule has 3 heterocycles. The van der Waals surface area contributed by atoms with Crippen LogP contribution in [0.3, 0.4) is 0 Å². The Balaban J connectivity index is 1.56. The zero-order valence-corrected chi connectivity index (χ0v) is 22.8. The first-order valence-corrected chi connectivity index (χ1v) is 13.8. The molecule has 0 bridgehead atoms. The molecule has 210 valence electrons. The molecule has 0 saturated carbocycles. The minimum absolute atomic E-state index is 0.276. The second-order valence-corrected chi connectivity index (χ2v) is 10.6. The maximum absolute atomic E-state index is 13.2. The third kappa shape index (κ3) is 6.79. The van der Waals surface area contributed by atoms with Gasteiger partial charge in [0, 0.05) is 55.1 Å². The molecule has 1 unspecified atom stereocenters. The molecular formula is C29H41F3N4O2. The number of aliphatic imine (C=N–C) groups is 1. The van der Waals surface area contributed by atoms with Crippen LogP contribution in [0.2, 0.25) is 0 Å². The molecule has 4 rings (SSSR count). The summed E-state index contributed by atoms with van der Waals surface area (Å²) in [5, 5.41) is 14.4. The van der Waals surface area contributed by atoms with Crippen LogP contribution in [0.15, 0.2) is 45.6 Å². The Hall–Kier alpha value is -2.36. The number of benzene rings is 1. The maximum Gasteiger partial charge on any atom is 0.416 e. The van der Waals surface area contributed by atoms with Gasteiger partial charge in [-0.3, -0.25) is 4.99 Å². The van der Waals surface area contributed by atoms with Crippen molar-refractivity contribution in [2.75, 3.05) is 59.5 Å². The highest BCUT2D eigenvalue weighted by molar-refractivity contribution is 6.15. The SMILES string of the molecule is CC/C(C)=C(\NC1CCCN(CCN2CCCC2)C1)C1=C(C(=NC)c2ccc(C(F)(F)F)cc2O)COC1. The summed E-state index contributed by atoms with van der Waals surface area (Å²) < 4.78 is 45.4. The molecule has 1 atom stereocenters. The van der Waals surface area contributed by atoms with Crippen molar-refractivity contribution in [2.45, 2.75) is 58.2 Å². The molecule has 6 nitrogen and oxygen atoms in total. The van der Waals surface area contributed by atoms with Gasteiger partial charge >= 0.3 is 6.18 Å². The average molecular weight is 535 g/mol. The highest BCUT2D eigenvalue weighted by atomic mass is 19.4. The number of hydrogen-bond acceptors (Lipinski definition) is 6. The lowest BCUT2D eigenvalue weighted by molar-refractivity contribution is -0.137. The van der Waals surface area contributed by atoms with Crippen LogP contribution in [0.4, 0.5) is 13.2 Å². The number of hydrogen-bond donors (Lipinski definition) is 2. The molecule has 1 aromatic carbocycles. The summed E-state index contributed by atoms with van der Waals surface area (Å²) in [5.41, 5.74) is 3.86. The van der Waals surface area contributed by atoms with E-state index in [9.17, 15) is 18.3 Å². The lowest BCUT2D eigenvalue weighted by Crippen LogP contribution is -2.47. The van der Waals surface area contributed by atoms with Crippen molar-refractivity contribution in [1.82, 2.24) is 15.1 Å². The van der Waals surface area contributed by atoms with Crippen molar-refractivity contribution in [2.24, 2.45) is 4.99 Å². The van der Waals surface area contributed by atoms with E-state index in [1.165, 1.54) is 37.6 Å². The van der Waals surface area contributed by atoms with Crippen LogP contribution in [0, 0.1) is 0 Å². The van der Waals surface area contributed by atoms with Gasteiger partial charge in [-0.2, -0.15) is 13.2 Å². The lowest BCUT2D eigenvalue weighted by Gasteiger charge is -2.35. The van der Waals surface area contributed by atoms with Gasteiger partial charge in [-0.15, -0.1) is 0 Å². The standard InChI is InChI=1S/C29H41F3N4O2/c1-4-20(2)27(34-22-8-7-13-36(17-22)15-14-35-11-5-6-12-35)24-18-38-19-25(24)28(33-3)23-10-9-21(16-26(23)37)29(30,31)32/h9-10,16,22,34,37H,4-8,11-15,17-19H2,1-3H3/b27-20-,33-28?. The quantitative estimate of drug-likeness (QED) is 0.437. The van der Waals surface area contributed by atoms with Crippen molar-refractivity contribution < 1.29 is 23.0 Å². The highest BCUT2D eigenvalue weighted by Gasteiger charge is 2.33. The van der Waals surface area contributed by atoms with Crippen LogP contribution in [-0.4, -0.2) is 86.2 Å². The molecule has 9 heteroatoms. The summed E-state index contributed by atoms with van der Waals surface area (Å²) in [6.45, 7) is 11.6. The van der Waals surface area contributed by atoms with Gasteiger partial charge in [0.25, 0.3) is 0 Å². The van der Waals surface area contributed by atoms with Gasteiger partial charge in [-0.1, -0.05) is 12.5 Å². The van der Waals surface area contributed by atoms with Crippen LogP contribution < -0.4 is 5.32 Å². The number of halogens is 3. The number of likely N-dealkylation sites (tertiary alicyclic amines) is 2. The van der Waals surface area contributed by atoms with Crippen molar-refractivity contribution >= 4 is 5.71 Å². The molecule has 3 aliphatic rings. The molecule has 3 aliphatic heterocycles. The van der Waals surface area contributed by atoms with E-state index in [0.29, 0.717) is 18.4 Å². The predicted molar refractivity (Wildman–Crippen MR) is 145 cm³/mol. The van der Waals surface area contributed by atoms with Gasteiger partial charge in [0.1, 0.15) is 5.75 Å². The van der Waals surface area contributed by atoms with E-state index in [4.69, 9.17) is 4.74 Å². The number of allylic oxidation sites excluding steroid dienone is 1. The molecule has 0 spiro atoms. The van der Waals surface area contributed by atoms with Crippen LogP contribution in [0.25, 0.3) is 0 Å². The summed E-state index contributed by atoms with van der Waals surface area (Å²) in [6, 6.07) is 3.35. The normalized spacial score (nSPS) is 22.8. The summed E-state index contributed by atoms with van der Waals surface area (Å²) in [4.78, 5) is 9.51. The Bertz CT molecular complexity index is 1070. The van der Waals surface area contributed by atoms with Crippen LogP contribution in [0.1, 0.15) is 57.1 Å². The van der Waals surface area contributed by atoms with Gasteiger partial charge in [0.15, 0.2) is 0 Å². The maximum atomic E-state index is 13.2. The number of phenols is 1. The average Bonchev–Trinajstić information content (AvgIpc) is 3.59. The topological polar surface area (TPSA) is 60.3 Å². The second-order valence-electron chi connectivity index (χ2n) is 10.6. The Morgan fingerprint density at radius 1 is 1.08 bits per heavy atom. The fraction of sp³-hybridized carbons (Fsp3) is 0.621. The first-order chi connectivity index (χ1) is 18.2. The third-order valence-corrected chi connectivity index (χ3v) is 7.99. The Morgan fingerprint density at radius 3 is 2.42 bits per heavy atom.